The lowest BCUT2D eigenvalue weighted by atomic mass is 9.99. The second kappa shape index (κ2) is 8.53. The predicted octanol–water partition coefficient (Wildman–Crippen LogP) is 3.45. The van der Waals surface area contributed by atoms with Crippen molar-refractivity contribution in [2.75, 3.05) is 31.9 Å². The molecule has 0 bridgehead atoms. The molecule has 1 amide bonds. The Balaban J connectivity index is 1.90. The highest BCUT2D eigenvalue weighted by atomic mass is 35.5. The first-order valence-electron chi connectivity index (χ1n) is 8.98. The molecule has 152 valence electrons. The highest BCUT2D eigenvalue weighted by Crippen LogP contribution is 2.37. The van der Waals surface area contributed by atoms with Gasteiger partial charge >= 0.3 is 0 Å². The number of nitrogens with two attached hydrogens (primary N) is 2. The van der Waals surface area contributed by atoms with Gasteiger partial charge in [0.15, 0.2) is 0 Å². The van der Waals surface area contributed by atoms with E-state index >= 15 is 0 Å². The van der Waals surface area contributed by atoms with Gasteiger partial charge in [0.2, 0.25) is 5.91 Å². The van der Waals surface area contributed by atoms with E-state index in [0.717, 1.165) is 12.1 Å². The molecule has 0 aliphatic carbocycles. The minimum absolute atomic E-state index is 0.115. The third kappa shape index (κ3) is 4.19. The Morgan fingerprint density at radius 2 is 1.72 bits per heavy atom. The van der Waals surface area contributed by atoms with Crippen molar-refractivity contribution in [3.8, 4) is 11.1 Å². The lowest BCUT2D eigenvalue weighted by Gasteiger charge is -2.37. The van der Waals surface area contributed by atoms with E-state index < -0.39 is 11.6 Å². The summed E-state index contributed by atoms with van der Waals surface area (Å²) in [7, 11) is 0. The summed E-state index contributed by atoms with van der Waals surface area (Å²) in [6, 6.07) is 6.45. The van der Waals surface area contributed by atoms with Gasteiger partial charge < -0.3 is 21.3 Å². The average Bonchev–Trinajstić information content (AvgIpc) is 2.71. The third-order valence-corrected chi connectivity index (χ3v) is 5.21. The van der Waals surface area contributed by atoms with E-state index in [0.29, 0.717) is 48.7 Å². The van der Waals surface area contributed by atoms with Crippen LogP contribution in [0.2, 0.25) is 5.02 Å². The van der Waals surface area contributed by atoms with Crippen molar-refractivity contribution in [2.24, 2.45) is 5.73 Å². The molecule has 1 saturated heterocycles. The van der Waals surface area contributed by atoms with E-state index in [-0.39, 0.29) is 16.5 Å². The summed E-state index contributed by atoms with van der Waals surface area (Å²) in [4.78, 5) is 15.5. The number of benzene rings is 2. The van der Waals surface area contributed by atoms with Crippen LogP contribution in [-0.2, 0) is 4.79 Å². The number of nitrogen functional groups attached to an aromatic ring is 1. The van der Waals surface area contributed by atoms with E-state index in [2.05, 4.69) is 6.58 Å². The monoisotopic (exact) mass is 418 g/mol. The highest BCUT2D eigenvalue weighted by Gasteiger charge is 2.23. The molecule has 29 heavy (non-hydrogen) atoms. The van der Waals surface area contributed by atoms with Gasteiger partial charge in [-0.3, -0.25) is 4.79 Å². The maximum atomic E-state index is 14.2. The molecule has 2 aromatic carbocycles. The van der Waals surface area contributed by atoms with Crippen LogP contribution in [0.1, 0.15) is 5.56 Å². The maximum Gasteiger partial charge on any atom is 0.246 e. The molecular formula is C21H21ClF2N4O. The Morgan fingerprint density at radius 3 is 2.31 bits per heavy atom. The SMILES string of the molecule is C=CC(=O)N1CCN(/C(=C/N)c2cc(Cl)c(-c3ccc(F)cc3F)cc2N)CC1. The summed E-state index contributed by atoms with van der Waals surface area (Å²) < 4.78 is 27.4. The molecule has 0 atom stereocenters. The summed E-state index contributed by atoms with van der Waals surface area (Å²) in [6.07, 6.45) is 2.73. The van der Waals surface area contributed by atoms with Crippen LogP contribution in [-0.4, -0.2) is 41.9 Å². The van der Waals surface area contributed by atoms with E-state index in [1.54, 1.807) is 17.0 Å². The van der Waals surface area contributed by atoms with Crippen molar-refractivity contribution in [3.05, 3.63) is 71.4 Å². The smallest absolute Gasteiger partial charge is 0.246 e. The van der Waals surface area contributed by atoms with E-state index in [1.807, 2.05) is 4.90 Å². The van der Waals surface area contributed by atoms with Crippen LogP contribution in [0.15, 0.2) is 49.2 Å². The Morgan fingerprint density at radius 1 is 1.07 bits per heavy atom. The Hall–Kier alpha value is -3.06. The quantitative estimate of drug-likeness (QED) is 0.589. The van der Waals surface area contributed by atoms with Gasteiger partial charge in [-0.1, -0.05) is 18.2 Å². The predicted molar refractivity (Wildman–Crippen MR) is 112 cm³/mol. The van der Waals surface area contributed by atoms with Crippen LogP contribution >= 0.6 is 11.6 Å². The summed E-state index contributed by atoms with van der Waals surface area (Å²) >= 11 is 6.40. The zero-order valence-corrected chi connectivity index (χ0v) is 16.4. The fourth-order valence-electron chi connectivity index (χ4n) is 3.39. The minimum atomic E-state index is -0.725. The first kappa shape index (κ1) is 20.7. The van der Waals surface area contributed by atoms with Crippen LogP contribution in [0.3, 0.4) is 0 Å². The molecule has 0 aromatic heterocycles. The summed E-state index contributed by atoms with van der Waals surface area (Å²) in [6.45, 7) is 5.68. The van der Waals surface area contributed by atoms with Crippen LogP contribution in [0.25, 0.3) is 16.8 Å². The van der Waals surface area contributed by atoms with Crippen molar-refractivity contribution in [2.45, 2.75) is 0 Å². The van der Waals surface area contributed by atoms with E-state index in [4.69, 9.17) is 23.1 Å². The van der Waals surface area contributed by atoms with Crippen molar-refractivity contribution < 1.29 is 13.6 Å². The second-order valence-electron chi connectivity index (χ2n) is 6.61. The Labute approximate surface area is 172 Å². The van der Waals surface area contributed by atoms with Crippen molar-refractivity contribution >= 4 is 28.9 Å². The molecule has 5 nitrogen and oxygen atoms in total. The molecule has 0 spiro atoms. The number of carbonyl (C=O) groups excluding carboxylic acids is 1. The van der Waals surface area contributed by atoms with Crippen LogP contribution in [0.4, 0.5) is 14.5 Å². The van der Waals surface area contributed by atoms with Crippen LogP contribution in [0.5, 0.6) is 0 Å². The molecule has 0 unspecified atom stereocenters. The molecule has 3 rings (SSSR count). The van der Waals surface area contributed by atoms with Gasteiger partial charge in [0.05, 0.1) is 5.70 Å². The summed E-state index contributed by atoms with van der Waals surface area (Å²) in [5, 5.41) is 0.263. The molecule has 1 fully saturated rings. The standard InChI is InChI=1S/C21H21ClF2N4O/c1-2-21(29)28-7-5-27(6-8-28)20(12-25)16-10-17(22)15(11-19(16)26)14-4-3-13(23)9-18(14)24/h2-4,9-12H,1,5-8,25-26H2/b20-12+. The zero-order chi connectivity index (χ0) is 21.1. The molecule has 1 heterocycles. The fraction of sp³-hybridized carbons (Fsp3) is 0.190. The van der Waals surface area contributed by atoms with Gasteiger partial charge in [0, 0.05) is 65.8 Å². The lowest BCUT2D eigenvalue weighted by Crippen LogP contribution is -2.47. The minimum Gasteiger partial charge on any atom is -0.403 e. The number of nitrogens with zero attached hydrogens (tertiary/aromatic N) is 2. The number of rotatable bonds is 4. The van der Waals surface area contributed by atoms with E-state index in [9.17, 15) is 13.6 Å². The Kier molecular flexibility index (Phi) is 6.08. The molecule has 1 aliphatic heterocycles. The normalized spacial score (nSPS) is 14.8. The molecule has 0 saturated carbocycles. The summed E-state index contributed by atoms with van der Waals surface area (Å²) in [5.41, 5.74) is 14.2. The van der Waals surface area contributed by atoms with Crippen LogP contribution < -0.4 is 11.5 Å². The molecule has 4 N–H and O–H groups in total. The topological polar surface area (TPSA) is 75.6 Å². The summed E-state index contributed by atoms with van der Waals surface area (Å²) in [5.74, 6) is -1.51. The molecule has 1 aliphatic rings. The number of amides is 1. The molecular weight excluding hydrogens is 398 g/mol. The van der Waals surface area contributed by atoms with Crippen molar-refractivity contribution in [1.29, 1.82) is 0 Å². The molecule has 0 radical (unpaired) electrons. The van der Waals surface area contributed by atoms with Crippen molar-refractivity contribution in [3.63, 3.8) is 0 Å². The number of hydrogen-bond acceptors (Lipinski definition) is 4. The second-order valence-corrected chi connectivity index (χ2v) is 7.02. The molecule has 8 heteroatoms. The first-order valence-corrected chi connectivity index (χ1v) is 9.36. The molecule has 2 aromatic rings. The zero-order valence-electron chi connectivity index (χ0n) is 15.7. The van der Waals surface area contributed by atoms with Crippen molar-refractivity contribution in [1.82, 2.24) is 9.80 Å². The largest absolute Gasteiger partial charge is 0.403 e. The number of piperazine rings is 1. The van der Waals surface area contributed by atoms with Gasteiger partial charge in [-0.25, -0.2) is 8.78 Å². The number of carbonyl (C=O) groups is 1. The maximum absolute atomic E-state index is 14.2. The Bertz CT molecular complexity index is 985. The number of anilines is 1. The third-order valence-electron chi connectivity index (χ3n) is 4.90. The van der Waals surface area contributed by atoms with Gasteiger partial charge in [0.1, 0.15) is 11.6 Å². The average molecular weight is 419 g/mol. The van der Waals surface area contributed by atoms with Gasteiger partial charge in [-0.15, -0.1) is 0 Å². The van der Waals surface area contributed by atoms with Crippen LogP contribution in [0, 0.1) is 11.6 Å². The van der Waals surface area contributed by atoms with Gasteiger partial charge in [0.25, 0.3) is 0 Å². The van der Waals surface area contributed by atoms with Gasteiger partial charge in [-0.05, 0) is 30.3 Å². The lowest BCUT2D eigenvalue weighted by molar-refractivity contribution is -0.127. The van der Waals surface area contributed by atoms with E-state index in [1.165, 1.54) is 18.3 Å². The first-order chi connectivity index (χ1) is 13.8. The van der Waals surface area contributed by atoms with Gasteiger partial charge in [-0.2, -0.15) is 0 Å². The fourth-order valence-corrected chi connectivity index (χ4v) is 3.65. The highest BCUT2D eigenvalue weighted by molar-refractivity contribution is 6.33. The number of halogens is 3. The number of hydrogen-bond donors (Lipinski definition) is 2.